The fourth-order valence-corrected chi connectivity index (χ4v) is 2.28. The maximum atomic E-state index is 13.7. The van der Waals surface area contributed by atoms with Crippen LogP contribution in [0, 0.1) is 0 Å². The van der Waals surface area contributed by atoms with Crippen LogP contribution in [0.4, 0.5) is 4.39 Å². The molecule has 0 aromatic heterocycles. The fourth-order valence-electron chi connectivity index (χ4n) is 2.28. The summed E-state index contributed by atoms with van der Waals surface area (Å²) in [6.45, 7) is 3.96. The zero-order valence-corrected chi connectivity index (χ0v) is 12.0. The third-order valence-corrected chi connectivity index (χ3v) is 3.40. The lowest BCUT2D eigenvalue weighted by atomic mass is 10.1. The molecule has 0 radical (unpaired) electrons. The molecule has 0 aliphatic heterocycles. The second-order valence-electron chi connectivity index (χ2n) is 5.15. The van der Waals surface area contributed by atoms with E-state index in [4.69, 9.17) is 0 Å². The molecule has 1 nitrogen and oxygen atoms in total. The summed E-state index contributed by atoms with van der Waals surface area (Å²) in [6, 6.07) is 20.5. The highest BCUT2D eigenvalue weighted by Crippen LogP contribution is 2.12. The summed E-state index contributed by atoms with van der Waals surface area (Å²) in [5, 5.41) is 0. The first kappa shape index (κ1) is 14.7. The quantitative estimate of drug-likeness (QED) is 0.719. The van der Waals surface area contributed by atoms with E-state index in [9.17, 15) is 4.39 Å². The molecule has 1 atom stereocenters. The number of alkyl halides is 1. The average Bonchev–Trinajstić information content (AvgIpc) is 2.49. The van der Waals surface area contributed by atoms with Crippen molar-refractivity contribution in [2.24, 2.45) is 0 Å². The number of nitrogens with zero attached hydrogens (tertiary/aromatic N) is 1. The highest BCUT2D eigenvalue weighted by Gasteiger charge is 2.12. The summed E-state index contributed by atoms with van der Waals surface area (Å²) in [7, 11) is 0. The number of hydrogen-bond donors (Lipinski definition) is 0. The highest BCUT2D eigenvalue weighted by atomic mass is 19.1. The van der Waals surface area contributed by atoms with E-state index in [1.807, 2.05) is 43.3 Å². The minimum absolute atomic E-state index is 0.486. The zero-order valence-electron chi connectivity index (χ0n) is 12.0. The molecule has 2 heteroatoms. The van der Waals surface area contributed by atoms with Crippen LogP contribution in [-0.4, -0.2) is 17.6 Å². The zero-order chi connectivity index (χ0) is 14.2. The first-order chi connectivity index (χ1) is 9.78. The molecule has 1 unspecified atom stereocenters. The van der Waals surface area contributed by atoms with E-state index in [0.29, 0.717) is 13.0 Å². The van der Waals surface area contributed by atoms with Crippen LogP contribution in [0.5, 0.6) is 0 Å². The maximum Gasteiger partial charge on any atom is 0.113 e. The Labute approximate surface area is 121 Å². The van der Waals surface area contributed by atoms with E-state index in [1.165, 1.54) is 11.1 Å². The van der Waals surface area contributed by atoms with Crippen molar-refractivity contribution >= 4 is 0 Å². The van der Waals surface area contributed by atoms with E-state index in [1.54, 1.807) is 0 Å². The van der Waals surface area contributed by atoms with Gasteiger partial charge in [0, 0.05) is 19.6 Å². The first-order valence-corrected chi connectivity index (χ1v) is 7.22. The third-order valence-electron chi connectivity index (χ3n) is 3.40. The van der Waals surface area contributed by atoms with Gasteiger partial charge in [0.05, 0.1) is 0 Å². The van der Waals surface area contributed by atoms with E-state index < -0.39 is 6.17 Å². The minimum atomic E-state index is -0.762. The molecule has 0 saturated carbocycles. The molecule has 0 aliphatic carbocycles. The van der Waals surface area contributed by atoms with Crippen LogP contribution in [0.1, 0.15) is 24.5 Å². The third kappa shape index (κ3) is 4.78. The molecule has 0 amide bonds. The largest absolute Gasteiger partial charge is 0.292 e. The first-order valence-electron chi connectivity index (χ1n) is 7.22. The SMILES string of the molecule is CCC(F)CN(Cc1ccccc1)Cc1ccccc1. The van der Waals surface area contributed by atoms with Gasteiger partial charge in [-0.2, -0.15) is 0 Å². The van der Waals surface area contributed by atoms with Gasteiger partial charge in [-0.1, -0.05) is 67.6 Å². The lowest BCUT2D eigenvalue weighted by Crippen LogP contribution is -2.29. The van der Waals surface area contributed by atoms with Crippen molar-refractivity contribution in [3.8, 4) is 0 Å². The van der Waals surface area contributed by atoms with Gasteiger partial charge in [-0.15, -0.1) is 0 Å². The predicted molar refractivity (Wildman–Crippen MR) is 82.2 cm³/mol. The Morgan fingerprint density at radius 2 is 1.30 bits per heavy atom. The van der Waals surface area contributed by atoms with E-state index in [2.05, 4.69) is 29.2 Å². The van der Waals surface area contributed by atoms with Crippen LogP contribution in [-0.2, 0) is 13.1 Å². The molecule has 106 valence electrons. The molecule has 0 heterocycles. The van der Waals surface area contributed by atoms with Crippen molar-refractivity contribution in [3.63, 3.8) is 0 Å². The lowest BCUT2D eigenvalue weighted by molar-refractivity contribution is 0.174. The molecule has 2 aromatic carbocycles. The normalized spacial score (nSPS) is 12.6. The van der Waals surface area contributed by atoms with Gasteiger partial charge < -0.3 is 0 Å². The van der Waals surface area contributed by atoms with Gasteiger partial charge in [-0.3, -0.25) is 4.90 Å². The molecule has 2 rings (SSSR count). The van der Waals surface area contributed by atoms with Crippen LogP contribution < -0.4 is 0 Å². The van der Waals surface area contributed by atoms with Gasteiger partial charge in [-0.25, -0.2) is 4.39 Å². The predicted octanol–water partition coefficient (Wildman–Crippen LogP) is 4.44. The van der Waals surface area contributed by atoms with Gasteiger partial charge in [0.1, 0.15) is 6.17 Å². The molecule has 0 fully saturated rings. The van der Waals surface area contributed by atoms with Crippen LogP contribution in [0.2, 0.25) is 0 Å². The van der Waals surface area contributed by atoms with Crippen molar-refractivity contribution in [3.05, 3.63) is 71.8 Å². The number of benzene rings is 2. The van der Waals surface area contributed by atoms with Crippen molar-refractivity contribution < 1.29 is 4.39 Å². The smallest absolute Gasteiger partial charge is 0.113 e. The second-order valence-corrected chi connectivity index (χ2v) is 5.15. The minimum Gasteiger partial charge on any atom is -0.292 e. The van der Waals surface area contributed by atoms with Crippen LogP contribution >= 0.6 is 0 Å². The number of hydrogen-bond acceptors (Lipinski definition) is 1. The summed E-state index contributed by atoms with van der Waals surface area (Å²) in [5.74, 6) is 0. The molecular weight excluding hydrogens is 249 g/mol. The van der Waals surface area contributed by atoms with E-state index in [0.717, 1.165) is 13.1 Å². The van der Waals surface area contributed by atoms with Crippen LogP contribution in [0.3, 0.4) is 0 Å². The molecule has 0 saturated heterocycles. The Bertz CT molecular complexity index is 442. The lowest BCUT2D eigenvalue weighted by Gasteiger charge is -2.24. The van der Waals surface area contributed by atoms with Crippen molar-refractivity contribution in [1.82, 2.24) is 4.90 Å². The summed E-state index contributed by atoms with van der Waals surface area (Å²) in [5.41, 5.74) is 2.46. The molecule has 20 heavy (non-hydrogen) atoms. The van der Waals surface area contributed by atoms with E-state index in [-0.39, 0.29) is 0 Å². The Morgan fingerprint density at radius 1 is 0.850 bits per heavy atom. The molecular formula is C18H22FN. The monoisotopic (exact) mass is 271 g/mol. The maximum absolute atomic E-state index is 13.7. The summed E-state index contributed by atoms with van der Waals surface area (Å²) < 4.78 is 13.7. The molecule has 0 spiro atoms. The number of rotatable bonds is 7. The second kappa shape index (κ2) is 7.81. The summed E-state index contributed by atoms with van der Waals surface area (Å²) in [6.07, 6.45) is -0.192. The Morgan fingerprint density at radius 3 is 1.70 bits per heavy atom. The fraction of sp³-hybridized carbons (Fsp3) is 0.333. The summed E-state index contributed by atoms with van der Waals surface area (Å²) >= 11 is 0. The van der Waals surface area contributed by atoms with Gasteiger partial charge in [0.25, 0.3) is 0 Å². The highest BCUT2D eigenvalue weighted by molar-refractivity contribution is 5.17. The van der Waals surface area contributed by atoms with Gasteiger partial charge in [0.2, 0.25) is 0 Å². The standard InChI is InChI=1S/C18H22FN/c1-2-18(19)15-20(13-16-9-5-3-6-10-16)14-17-11-7-4-8-12-17/h3-12,18H,2,13-15H2,1H3. The van der Waals surface area contributed by atoms with Crippen molar-refractivity contribution in [1.29, 1.82) is 0 Å². The molecule has 0 bridgehead atoms. The van der Waals surface area contributed by atoms with E-state index >= 15 is 0 Å². The van der Waals surface area contributed by atoms with Gasteiger partial charge in [0.15, 0.2) is 0 Å². The van der Waals surface area contributed by atoms with Crippen molar-refractivity contribution in [2.45, 2.75) is 32.6 Å². The molecule has 0 N–H and O–H groups in total. The van der Waals surface area contributed by atoms with Crippen molar-refractivity contribution in [2.75, 3.05) is 6.54 Å². The van der Waals surface area contributed by atoms with Gasteiger partial charge in [-0.05, 0) is 17.5 Å². The Hall–Kier alpha value is -1.67. The topological polar surface area (TPSA) is 3.24 Å². The molecule has 2 aromatic rings. The Kier molecular flexibility index (Phi) is 5.75. The van der Waals surface area contributed by atoms with Gasteiger partial charge >= 0.3 is 0 Å². The van der Waals surface area contributed by atoms with Crippen LogP contribution in [0.25, 0.3) is 0 Å². The average molecular weight is 271 g/mol. The Balaban J connectivity index is 2.04. The summed E-state index contributed by atoms with van der Waals surface area (Å²) in [4.78, 5) is 2.18. The molecule has 0 aliphatic rings. The number of halogens is 1. The van der Waals surface area contributed by atoms with Crippen LogP contribution in [0.15, 0.2) is 60.7 Å².